The van der Waals surface area contributed by atoms with Crippen LogP contribution in [0.15, 0.2) is 30.3 Å². The second-order valence-electron chi connectivity index (χ2n) is 7.37. The number of fused-ring (bicyclic) bond motifs is 1. The minimum atomic E-state index is -4.48. The van der Waals surface area contributed by atoms with Gasteiger partial charge in [0.1, 0.15) is 11.3 Å². The molecule has 2 N–H and O–H groups in total. The third-order valence-corrected chi connectivity index (χ3v) is 5.48. The van der Waals surface area contributed by atoms with Crippen LogP contribution in [0.2, 0.25) is 0 Å². The van der Waals surface area contributed by atoms with Gasteiger partial charge in [-0.2, -0.15) is 13.2 Å². The minimum Gasteiger partial charge on any atom is -0.490 e. The number of ether oxygens (including phenoxy) is 1. The van der Waals surface area contributed by atoms with E-state index in [1.165, 1.54) is 6.07 Å². The first-order chi connectivity index (χ1) is 12.3. The molecule has 1 atom stereocenters. The van der Waals surface area contributed by atoms with Crippen molar-refractivity contribution in [2.24, 2.45) is 11.7 Å². The van der Waals surface area contributed by atoms with Crippen molar-refractivity contribution in [2.75, 3.05) is 0 Å². The van der Waals surface area contributed by atoms with Crippen molar-refractivity contribution < 1.29 is 17.9 Å². The van der Waals surface area contributed by atoms with Crippen molar-refractivity contribution in [3.63, 3.8) is 0 Å². The lowest BCUT2D eigenvalue weighted by Crippen LogP contribution is -2.25. The Hall–Kier alpha value is -1.75. The van der Waals surface area contributed by atoms with Crippen LogP contribution in [-0.2, 0) is 6.18 Å². The first-order valence-corrected chi connectivity index (χ1v) is 9.35. The third kappa shape index (κ3) is 3.98. The van der Waals surface area contributed by atoms with Gasteiger partial charge < -0.3 is 10.5 Å². The highest BCUT2D eigenvalue weighted by Gasteiger charge is 2.37. The summed E-state index contributed by atoms with van der Waals surface area (Å²) in [6.07, 6.45) is 0.160. The molecular formula is C21H26F3NO. The molecule has 142 valence electrons. The summed E-state index contributed by atoms with van der Waals surface area (Å²) in [5.74, 6) is 0.605. The van der Waals surface area contributed by atoms with Gasteiger partial charge in [-0.3, -0.25) is 0 Å². The zero-order valence-electron chi connectivity index (χ0n) is 15.3. The molecule has 0 heterocycles. The number of nitrogens with two attached hydrogens (primary N) is 1. The molecule has 1 saturated carbocycles. The van der Waals surface area contributed by atoms with Gasteiger partial charge in [0.2, 0.25) is 0 Å². The molecule has 5 heteroatoms. The van der Waals surface area contributed by atoms with Crippen molar-refractivity contribution in [1.82, 2.24) is 0 Å². The lowest BCUT2D eigenvalue weighted by molar-refractivity contribution is -0.138. The Morgan fingerprint density at radius 3 is 2.35 bits per heavy atom. The van der Waals surface area contributed by atoms with Crippen LogP contribution in [0.5, 0.6) is 5.75 Å². The second kappa shape index (κ2) is 7.47. The van der Waals surface area contributed by atoms with Gasteiger partial charge in [-0.25, -0.2) is 0 Å². The summed E-state index contributed by atoms with van der Waals surface area (Å²) >= 11 is 0. The van der Waals surface area contributed by atoms with E-state index in [1.54, 1.807) is 31.2 Å². The average molecular weight is 365 g/mol. The van der Waals surface area contributed by atoms with E-state index in [9.17, 15) is 13.2 Å². The monoisotopic (exact) mass is 365 g/mol. The van der Waals surface area contributed by atoms with Crippen molar-refractivity contribution in [2.45, 2.75) is 64.3 Å². The van der Waals surface area contributed by atoms with Gasteiger partial charge in [-0.15, -0.1) is 0 Å². The molecule has 0 aliphatic heterocycles. The summed E-state index contributed by atoms with van der Waals surface area (Å²) in [6, 6.07) is 7.85. The summed E-state index contributed by atoms with van der Waals surface area (Å²) in [4.78, 5) is 0. The van der Waals surface area contributed by atoms with E-state index in [2.05, 4.69) is 6.92 Å². The fourth-order valence-electron chi connectivity index (χ4n) is 3.83. The standard InChI is InChI=1S/C21H26F3NO/c1-3-14-4-9-17(10-5-14)26-19-11-8-15-6-7-16(13(2)25)12-18(15)20(19)21(22,23)24/h6-8,11-14,17H,3-5,9-10,25H2,1-2H3/t13-,14?,17?/m0/s1. The van der Waals surface area contributed by atoms with Crippen LogP contribution in [0.1, 0.15) is 63.1 Å². The Morgan fingerprint density at radius 1 is 1.12 bits per heavy atom. The van der Waals surface area contributed by atoms with Crippen LogP contribution in [0.3, 0.4) is 0 Å². The van der Waals surface area contributed by atoms with E-state index >= 15 is 0 Å². The molecule has 0 saturated heterocycles. The van der Waals surface area contributed by atoms with Crippen LogP contribution in [-0.4, -0.2) is 6.10 Å². The highest BCUT2D eigenvalue weighted by atomic mass is 19.4. The topological polar surface area (TPSA) is 35.2 Å². The van der Waals surface area contributed by atoms with E-state index in [4.69, 9.17) is 10.5 Å². The molecule has 2 aromatic rings. The fraction of sp³-hybridized carbons (Fsp3) is 0.524. The smallest absolute Gasteiger partial charge is 0.420 e. The molecule has 1 fully saturated rings. The fourth-order valence-corrected chi connectivity index (χ4v) is 3.83. The van der Waals surface area contributed by atoms with Gasteiger partial charge in [0.15, 0.2) is 0 Å². The molecule has 0 aromatic heterocycles. The molecule has 0 radical (unpaired) electrons. The van der Waals surface area contributed by atoms with Gasteiger partial charge in [0.25, 0.3) is 0 Å². The summed E-state index contributed by atoms with van der Waals surface area (Å²) < 4.78 is 47.5. The SMILES string of the molecule is CCC1CCC(Oc2ccc3ccc([C@H](C)N)cc3c2C(F)(F)F)CC1. The van der Waals surface area contributed by atoms with Crippen molar-refractivity contribution >= 4 is 10.8 Å². The number of benzene rings is 2. The molecular weight excluding hydrogens is 339 g/mol. The highest BCUT2D eigenvalue weighted by molar-refractivity contribution is 5.89. The highest BCUT2D eigenvalue weighted by Crippen LogP contribution is 2.43. The van der Waals surface area contributed by atoms with Crippen LogP contribution in [0, 0.1) is 5.92 Å². The van der Waals surface area contributed by atoms with E-state index in [1.807, 2.05) is 0 Å². The maximum atomic E-state index is 13.9. The summed E-state index contributed by atoms with van der Waals surface area (Å²) in [5, 5.41) is 0.704. The third-order valence-electron chi connectivity index (χ3n) is 5.48. The van der Waals surface area contributed by atoms with Gasteiger partial charge >= 0.3 is 6.18 Å². The predicted molar refractivity (Wildman–Crippen MR) is 98.2 cm³/mol. The molecule has 0 spiro atoms. The molecule has 1 aliphatic carbocycles. The average Bonchev–Trinajstić information content (AvgIpc) is 2.60. The molecule has 2 aromatic carbocycles. The van der Waals surface area contributed by atoms with Crippen LogP contribution in [0.4, 0.5) is 13.2 Å². The van der Waals surface area contributed by atoms with Crippen LogP contribution < -0.4 is 10.5 Å². The Labute approximate surface area is 152 Å². The van der Waals surface area contributed by atoms with E-state index in [0.29, 0.717) is 16.9 Å². The lowest BCUT2D eigenvalue weighted by Gasteiger charge is -2.29. The van der Waals surface area contributed by atoms with E-state index < -0.39 is 11.7 Å². The van der Waals surface area contributed by atoms with Gasteiger partial charge in [0, 0.05) is 6.04 Å². The zero-order chi connectivity index (χ0) is 18.9. The molecule has 26 heavy (non-hydrogen) atoms. The predicted octanol–water partition coefficient (Wildman–Crippen LogP) is 6.23. The number of alkyl halides is 3. The second-order valence-corrected chi connectivity index (χ2v) is 7.37. The molecule has 2 nitrogen and oxygen atoms in total. The largest absolute Gasteiger partial charge is 0.490 e. The van der Waals surface area contributed by atoms with Gasteiger partial charge in [-0.1, -0.05) is 31.5 Å². The molecule has 1 aliphatic rings. The van der Waals surface area contributed by atoms with Gasteiger partial charge in [-0.05, 0) is 67.0 Å². The quantitative estimate of drug-likeness (QED) is 0.697. The first kappa shape index (κ1) is 19.0. The van der Waals surface area contributed by atoms with Crippen LogP contribution >= 0.6 is 0 Å². The number of rotatable bonds is 4. The van der Waals surface area contributed by atoms with Crippen molar-refractivity contribution in [1.29, 1.82) is 0 Å². The van der Waals surface area contributed by atoms with E-state index in [-0.39, 0.29) is 23.3 Å². The number of hydrogen-bond donors (Lipinski definition) is 1. The maximum Gasteiger partial charge on any atom is 0.420 e. The summed E-state index contributed by atoms with van der Waals surface area (Å²) in [6.45, 7) is 3.92. The molecule has 0 bridgehead atoms. The molecule has 0 unspecified atom stereocenters. The number of halogens is 3. The Balaban J connectivity index is 1.99. The zero-order valence-corrected chi connectivity index (χ0v) is 15.3. The Bertz CT molecular complexity index is 762. The van der Waals surface area contributed by atoms with Crippen molar-refractivity contribution in [3.05, 3.63) is 41.5 Å². The normalized spacial score (nSPS) is 22.4. The first-order valence-electron chi connectivity index (χ1n) is 9.35. The Kier molecular flexibility index (Phi) is 5.47. The Morgan fingerprint density at radius 2 is 1.77 bits per heavy atom. The lowest BCUT2D eigenvalue weighted by atomic mass is 9.86. The summed E-state index contributed by atoms with van der Waals surface area (Å²) in [7, 11) is 0. The molecule has 0 amide bonds. The molecule has 3 rings (SSSR count). The van der Waals surface area contributed by atoms with Gasteiger partial charge in [0.05, 0.1) is 6.10 Å². The van der Waals surface area contributed by atoms with Crippen LogP contribution in [0.25, 0.3) is 10.8 Å². The van der Waals surface area contributed by atoms with Crippen molar-refractivity contribution in [3.8, 4) is 5.75 Å². The maximum absolute atomic E-state index is 13.9. The summed E-state index contributed by atoms with van der Waals surface area (Å²) in [5.41, 5.74) is 5.86. The minimum absolute atomic E-state index is 0.0632. The number of hydrogen-bond acceptors (Lipinski definition) is 2. The van der Waals surface area contributed by atoms with E-state index in [0.717, 1.165) is 32.1 Å².